The van der Waals surface area contributed by atoms with Crippen LogP contribution in [0.5, 0.6) is 0 Å². The van der Waals surface area contributed by atoms with Crippen LogP contribution in [0.4, 0.5) is 0 Å². The lowest BCUT2D eigenvalue weighted by molar-refractivity contribution is 0.00237. The van der Waals surface area contributed by atoms with Crippen LogP contribution >= 0.6 is 0 Å². The lowest BCUT2D eigenvalue weighted by atomic mass is 9.83. The van der Waals surface area contributed by atoms with E-state index in [4.69, 9.17) is 4.52 Å². The van der Waals surface area contributed by atoms with E-state index in [0.717, 1.165) is 26.1 Å². The molecule has 3 heterocycles. The van der Waals surface area contributed by atoms with E-state index < -0.39 is 0 Å². The van der Waals surface area contributed by atoms with Crippen molar-refractivity contribution < 1.29 is 9.32 Å². The molecule has 1 aromatic heterocycles. The summed E-state index contributed by atoms with van der Waals surface area (Å²) < 4.78 is 4.81. The molecule has 1 amide bonds. The largest absolute Gasteiger partial charge is 0.364 e. The number of hydrogen-bond acceptors (Lipinski definition) is 4. The quantitative estimate of drug-likeness (QED) is 0.746. The Bertz CT molecular complexity index is 415. The summed E-state index contributed by atoms with van der Waals surface area (Å²) in [5, 5.41) is 7.10. The normalized spacial score (nSPS) is 28.4. The van der Waals surface area contributed by atoms with Gasteiger partial charge in [0.1, 0.15) is 11.8 Å². The topological polar surface area (TPSA) is 58.4 Å². The molecule has 2 atom stereocenters. The van der Waals surface area contributed by atoms with Gasteiger partial charge in [0.2, 0.25) is 0 Å². The number of nitrogens with zero attached hydrogens (tertiary/aromatic N) is 2. The summed E-state index contributed by atoms with van der Waals surface area (Å²) in [6.45, 7) is 4.71. The van der Waals surface area contributed by atoms with E-state index in [0.29, 0.717) is 23.2 Å². The van der Waals surface area contributed by atoms with Crippen molar-refractivity contribution in [3.8, 4) is 0 Å². The lowest BCUT2D eigenvalue weighted by Crippen LogP contribution is -2.64. The Kier molecular flexibility index (Phi) is 2.21. The van der Waals surface area contributed by atoms with Gasteiger partial charge in [0.05, 0.1) is 5.69 Å². The van der Waals surface area contributed by atoms with Gasteiger partial charge in [-0.2, -0.15) is 0 Å². The molecule has 2 aliphatic heterocycles. The summed E-state index contributed by atoms with van der Waals surface area (Å²) in [4.78, 5) is 14.1. The van der Waals surface area contributed by atoms with Crippen LogP contribution in [-0.4, -0.2) is 41.6 Å². The average Bonchev–Trinajstić information content (AvgIpc) is 2.66. The van der Waals surface area contributed by atoms with Gasteiger partial charge in [-0.15, -0.1) is 0 Å². The van der Waals surface area contributed by atoms with Crippen LogP contribution in [-0.2, 0) is 0 Å². The highest BCUT2D eigenvalue weighted by Gasteiger charge is 2.43. The SMILES string of the molecule is Cc1nocc1C(=O)N1CC2CNCCC21. The Morgan fingerprint density at radius 2 is 2.56 bits per heavy atom. The number of aromatic nitrogens is 1. The van der Waals surface area contributed by atoms with Crippen molar-refractivity contribution in [3.05, 3.63) is 17.5 Å². The highest BCUT2D eigenvalue weighted by atomic mass is 16.5. The molecule has 5 heteroatoms. The number of nitrogens with one attached hydrogen (secondary N) is 1. The molecule has 1 aromatic rings. The lowest BCUT2D eigenvalue weighted by Gasteiger charge is -2.50. The Balaban J connectivity index is 1.75. The van der Waals surface area contributed by atoms with Crippen LogP contribution in [0.15, 0.2) is 10.8 Å². The van der Waals surface area contributed by atoms with Crippen molar-refractivity contribution in [3.63, 3.8) is 0 Å². The number of carbonyl (C=O) groups is 1. The number of piperidine rings is 1. The third-order valence-corrected chi connectivity index (χ3v) is 3.64. The van der Waals surface area contributed by atoms with Crippen LogP contribution in [0, 0.1) is 12.8 Å². The molecule has 0 aromatic carbocycles. The average molecular weight is 221 g/mol. The molecule has 2 aliphatic rings. The number of likely N-dealkylation sites (tertiary alicyclic amines) is 1. The zero-order chi connectivity index (χ0) is 11.1. The molecular weight excluding hydrogens is 206 g/mol. The first-order valence-electron chi connectivity index (χ1n) is 5.70. The number of carbonyl (C=O) groups excluding carboxylic acids is 1. The number of aryl methyl sites for hydroxylation is 1. The summed E-state index contributed by atoms with van der Waals surface area (Å²) >= 11 is 0. The Hall–Kier alpha value is -1.36. The van der Waals surface area contributed by atoms with Crippen molar-refractivity contribution >= 4 is 5.91 Å². The maximum Gasteiger partial charge on any atom is 0.259 e. The summed E-state index contributed by atoms with van der Waals surface area (Å²) in [7, 11) is 0. The minimum atomic E-state index is 0.0712. The monoisotopic (exact) mass is 221 g/mol. The van der Waals surface area contributed by atoms with E-state index in [9.17, 15) is 4.79 Å². The third-order valence-electron chi connectivity index (χ3n) is 3.64. The first kappa shape index (κ1) is 9.84. The molecule has 2 fully saturated rings. The van der Waals surface area contributed by atoms with Gasteiger partial charge in [-0.05, 0) is 19.9 Å². The van der Waals surface area contributed by atoms with E-state index >= 15 is 0 Å². The van der Waals surface area contributed by atoms with Crippen molar-refractivity contribution in [1.82, 2.24) is 15.4 Å². The molecular formula is C11H15N3O2. The summed E-state index contributed by atoms with van der Waals surface area (Å²) in [6, 6.07) is 0.419. The first-order valence-corrected chi connectivity index (χ1v) is 5.70. The van der Waals surface area contributed by atoms with Gasteiger partial charge < -0.3 is 14.7 Å². The highest BCUT2D eigenvalue weighted by molar-refractivity contribution is 5.95. The second-order valence-corrected chi connectivity index (χ2v) is 4.59. The molecule has 86 valence electrons. The smallest absolute Gasteiger partial charge is 0.259 e. The zero-order valence-electron chi connectivity index (χ0n) is 9.27. The van der Waals surface area contributed by atoms with E-state index in [1.54, 1.807) is 6.92 Å². The third kappa shape index (κ3) is 1.35. The maximum atomic E-state index is 12.2. The van der Waals surface area contributed by atoms with E-state index in [1.807, 2.05) is 4.90 Å². The fourth-order valence-electron chi connectivity index (χ4n) is 2.64. The Labute approximate surface area is 93.8 Å². The van der Waals surface area contributed by atoms with Gasteiger partial charge in [0.15, 0.2) is 0 Å². The molecule has 0 radical (unpaired) electrons. The van der Waals surface area contributed by atoms with Gasteiger partial charge in [0.25, 0.3) is 5.91 Å². The van der Waals surface area contributed by atoms with E-state index in [1.165, 1.54) is 6.26 Å². The standard InChI is InChI=1S/C11H15N3O2/c1-7-9(6-16-13-7)11(15)14-5-8-4-12-3-2-10(8)14/h6,8,10,12H,2-5H2,1H3. The second-order valence-electron chi connectivity index (χ2n) is 4.59. The molecule has 2 unspecified atom stereocenters. The fourth-order valence-corrected chi connectivity index (χ4v) is 2.64. The fraction of sp³-hybridized carbons (Fsp3) is 0.636. The molecule has 3 rings (SSSR count). The molecule has 0 spiro atoms. The number of hydrogen-bond donors (Lipinski definition) is 1. The molecule has 0 bridgehead atoms. The van der Waals surface area contributed by atoms with Gasteiger partial charge in [-0.25, -0.2) is 0 Å². The number of fused-ring (bicyclic) bond motifs is 1. The predicted octanol–water partition coefficient (Wildman–Crippen LogP) is 0.417. The Morgan fingerprint density at radius 3 is 3.25 bits per heavy atom. The maximum absolute atomic E-state index is 12.2. The van der Waals surface area contributed by atoms with Crippen LogP contribution < -0.4 is 5.32 Å². The van der Waals surface area contributed by atoms with Crippen molar-refractivity contribution in [2.75, 3.05) is 19.6 Å². The summed E-state index contributed by atoms with van der Waals surface area (Å²) in [6.07, 6.45) is 2.51. The van der Waals surface area contributed by atoms with Crippen LogP contribution in [0.2, 0.25) is 0 Å². The zero-order valence-corrected chi connectivity index (χ0v) is 9.27. The van der Waals surface area contributed by atoms with E-state index in [-0.39, 0.29) is 5.91 Å². The minimum Gasteiger partial charge on any atom is -0.364 e. The van der Waals surface area contributed by atoms with Crippen LogP contribution in [0.1, 0.15) is 22.5 Å². The van der Waals surface area contributed by atoms with Crippen LogP contribution in [0.25, 0.3) is 0 Å². The molecule has 2 saturated heterocycles. The summed E-state index contributed by atoms with van der Waals surface area (Å²) in [5.74, 6) is 0.708. The van der Waals surface area contributed by atoms with Crippen molar-refractivity contribution in [2.24, 2.45) is 5.92 Å². The second kappa shape index (κ2) is 3.59. The van der Waals surface area contributed by atoms with E-state index in [2.05, 4.69) is 10.5 Å². The first-order chi connectivity index (χ1) is 7.77. The van der Waals surface area contributed by atoms with Crippen molar-refractivity contribution in [1.29, 1.82) is 0 Å². The molecule has 5 nitrogen and oxygen atoms in total. The molecule has 1 N–H and O–H groups in total. The van der Waals surface area contributed by atoms with Crippen LogP contribution in [0.3, 0.4) is 0 Å². The molecule has 0 aliphatic carbocycles. The van der Waals surface area contributed by atoms with Gasteiger partial charge in [0, 0.05) is 25.0 Å². The van der Waals surface area contributed by atoms with Gasteiger partial charge in [-0.1, -0.05) is 5.16 Å². The number of amides is 1. The summed E-state index contributed by atoms with van der Waals surface area (Å²) in [5.41, 5.74) is 1.29. The number of rotatable bonds is 1. The molecule has 16 heavy (non-hydrogen) atoms. The van der Waals surface area contributed by atoms with Gasteiger partial charge in [-0.3, -0.25) is 4.79 Å². The minimum absolute atomic E-state index is 0.0712. The highest BCUT2D eigenvalue weighted by Crippen LogP contribution is 2.31. The Morgan fingerprint density at radius 1 is 1.69 bits per heavy atom. The van der Waals surface area contributed by atoms with Crippen molar-refractivity contribution in [2.45, 2.75) is 19.4 Å². The predicted molar refractivity (Wildman–Crippen MR) is 57.0 cm³/mol. The molecule has 0 saturated carbocycles. The van der Waals surface area contributed by atoms with Gasteiger partial charge >= 0.3 is 0 Å².